The molecule has 0 aromatic heterocycles. The number of hydrogen-bond acceptors (Lipinski definition) is 4. The Morgan fingerprint density at radius 2 is 2.03 bits per heavy atom. The molecule has 0 aliphatic heterocycles. The van der Waals surface area contributed by atoms with Gasteiger partial charge in [0.25, 0.3) is 0 Å². The van der Waals surface area contributed by atoms with Crippen molar-refractivity contribution in [2.24, 2.45) is 28.6 Å². The summed E-state index contributed by atoms with van der Waals surface area (Å²) in [6.45, 7) is 7.09. The van der Waals surface area contributed by atoms with Gasteiger partial charge in [-0.2, -0.15) is 0 Å². The molecule has 0 aromatic carbocycles. The van der Waals surface area contributed by atoms with Crippen molar-refractivity contribution in [3.05, 3.63) is 23.0 Å². The van der Waals surface area contributed by atoms with Gasteiger partial charge in [0.15, 0.2) is 5.83 Å². The van der Waals surface area contributed by atoms with Crippen molar-refractivity contribution in [2.75, 3.05) is 0 Å². The number of esters is 1. The zero-order valence-electron chi connectivity index (χ0n) is 17.5. The normalized spacial score (nSPS) is 46.6. The Morgan fingerprint density at radius 3 is 2.69 bits per heavy atom. The van der Waals surface area contributed by atoms with E-state index in [4.69, 9.17) is 4.74 Å². The molecular formula is C23H30F2O4. The molecule has 0 amide bonds. The number of allylic oxidation sites excluding steroid dienone is 4. The van der Waals surface area contributed by atoms with Gasteiger partial charge >= 0.3 is 5.97 Å². The first-order valence-corrected chi connectivity index (χ1v) is 10.7. The van der Waals surface area contributed by atoms with Crippen molar-refractivity contribution >= 4 is 11.8 Å². The molecule has 0 spiro atoms. The summed E-state index contributed by atoms with van der Waals surface area (Å²) in [6, 6.07) is 0. The van der Waals surface area contributed by atoms with E-state index in [1.807, 2.05) is 6.92 Å². The lowest BCUT2D eigenvalue weighted by molar-refractivity contribution is -0.169. The van der Waals surface area contributed by atoms with Gasteiger partial charge in [-0.05, 0) is 50.0 Å². The molecule has 0 aromatic rings. The Kier molecular flexibility index (Phi) is 4.80. The highest BCUT2D eigenvalue weighted by Gasteiger charge is 2.65. The minimum Gasteiger partial charge on any atom is -0.462 e. The standard InChI is InChI=1S/C23H30F2O4/c1-5-17(27)29-16-7-6-13-12-8-14(24)19-20(25)21(28)11(2)9-23(19,4)18(12)15(26)10-22(13,16)3/h9,12-16,18,26H,5-8,10H2,1-4H3/t12-,13-,14-,15-,16+,18+,22-,23+/m0/s1. The molecule has 4 rings (SSSR count). The van der Waals surface area contributed by atoms with Crippen LogP contribution in [0.1, 0.15) is 59.8 Å². The summed E-state index contributed by atoms with van der Waals surface area (Å²) in [5.41, 5.74) is -1.28. The number of carbonyl (C=O) groups is 2. The second kappa shape index (κ2) is 6.73. The Balaban J connectivity index is 1.74. The van der Waals surface area contributed by atoms with Gasteiger partial charge < -0.3 is 9.84 Å². The molecule has 4 aliphatic carbocycles. The molecular weight excluding hydrogens is 378 g/mol. The van der Waals surface area contributed by atoms with Crippen LogP contribution >= 0.6 is 0 Å². The Bertz CT molecular complexity index is 818. The maximum Gasteiger partial charge on any atom is 0.305 e. The predicted octanol–water partition coefficient (Wildman–Crippen LogP) is 4.22. The van der Waals surface area contributed by atoms with Gasteiger partial charge in [0.05, 0.1) is 6.10 Å². The minimum atomic E-state index is -1.55. The Labute approximate surface area is 170 Å². The van der Waals surface area contributed by atoms with Crippen LogP contribution in [0.2, 0.25) is 0 Å². The third-order valence-corrected chi connectivity index (χ3v) is 8.30. The van der Waals surface area contributed by atoms with Gasteiger partial charge in [-0.3, -0.25) is 9.59 Å². The molecule has 0 radical (unpaired) electrons. The van der Waals surface area contributed by atoms with Crippen molar-refractivity contribution in [2.45, 2.75) is 78.2 Å². The minimum absolute atomic E-state index is 0.0802. The summed E-state index contributed by atoms with van der Waals surface area (Å²) < 4.78 is 35.9. The van der Waals surface area contributed by atoms with Crippen LogP contribution in [-0.2, 0) is 14.3 Å². The molecule has 0 unspecified atom stereocenters. The highest BCUT2D eigenvalue weighted by molar-refractivity contribution is 6.08. The zero-order chi connectivity index (χ0) is 21.3. The van der Waals surface area contributed by atoms with Crippen LogP contribution in [0.15, 0.2) is 23.0 Å². The number of aliphatic hydroxyl groups is 1. The van der Waals surface area contributed by atoms with Crippen molar-refractivity contribution in [3.8, 4) is 0 Å². The van der Waals surface area contributed by atoms with E-state index >= 15 is 4.39 Å². The largest absolute Gasteiger partial charge is 0.462 e. The lowest BCUT2D eigenvalue weighted by Gasteiger charge is -2.59. The zero-order valence-corrected chi connectivity index (χ0v) is 17.5. The van der Waals surface area contributed by atoms with Gasteiger partial charge in [0.2, 0.25) is 5.78 Å². The van der Waals surface area contributed by atoms with E-state index in [2.05, 4.69) is 0 Å². The Morgan fingerprint density at radius 1 is 1.34 bits per heavy atom. The average Bonchev–Trinajstić information content (AvgIpc) is 2.95. The molecule has 0 saturated heterocycles. The summed E-state index contributed by atoms with van der Waals surface area (Å²) in [5, 5.41) is 11.2. The first kappa shape index (κ1) is 20.7. The van der Waals surface area contributed by atoms with Crippen LogP contribution in [0, 0.1) is 28.6 Å². The van der Waals surface area contributed by atoms with Crippen LogP contribution in [0.5, 0.6) is 0 Å². The second-order valence-corrected chi connectivity index (χ2v) is 9.85. The van der Waals surface area contributed by atoms with Gasteiger partial charge in [-0.15, -0.1) is 0 Å². The Hall–Kier alpha value is -1.56. The number of halogens is 2. The first-order chi connectivity index (χ1) is 13.5. The predicted molar refractivity (Wildman–Crippen MR) is 103 cm³/mol. The maximum absolute atomic E-state index is 15.3. The van der Waals surface area contributed by atoms with E-state index in [1.165, 1.54) is 0 Å². The summed E-state index contributed by atoms with van der Waals surface area (Å²) >= 11 is 0. The lowest BCUT2D eigenvalue weighted by Crippen LogP contribution is -2.59. The lowest BCUT2D eigenvalue weighted by atomic mass is 9.46. The fourth-order valence-electron chi connectivity index (χ4n) is 7.15. The van der Waals surface area contributed by atoms with Crippen LogP contribution in [-0.4, -0.2) is 35.2 Å². The SMILES string of the molecule is CCC(=O)O[C@@H]1CC[C@H]2[C@@H]3C[C@H](F)C4=C(F)C(=O)C(C)=C[C@]4(C)[C@H]3[C@@H](O)C[C@]12C. The van der Waals surface area contributed by atoms with Crippen molar-refractivity contribution < 1.29 is 28.2 Å². The molecule has 29 heavy (non-hydrogen) atoms. The van der Waals surface area contributed by atoms with E-state index in [0.29, 0.717) is 19.3 Å². The number of Topliss-reactive ketones (excluding diaryl/α,β-unsaturated/α-hetero) is 1. The monoisotopic (exact) mass is 408 g/mol. The third-order valence-electron chi connectivity index (χ3n) is 8.30. The quantitative estimate of drug-likeness (QED) is 0.695. The van der Waals surface area contributed by atoms with Crippen LogP contribution in [0.3, 0.4) is 0 Å². The number of hydrogen-bond donors (Lipinski definition) is 1. The van der Waals surface area contributed by atoms with Crippen LogP contribution < -0.4 is 0 Å². The molecule has 1 N–H and O–H groups in total. The third kappa shape index (κ3) is 2.77. The highest BCUT2D eigenvalue weighted by atomic mass is 19.1. The summed E-state index contributed by atoms with van der Waals surface area (Å²) in [4.78, 5) is 24.0. The smallest absolute Gasteiger partial charge is 0.305 e. The molecule has 4 aliphatic rings. The topological polar surface area (TPSA) is 63.6 Å². The van der Waals surface area contributed by atoms with Gasteiger partial charge in [-0.1, -0.05) is 26.8 Å². The number of alkyl halides is 1. The average molecular weight is 408 g/mol. The number of rotatable bonds is 2. The number of fused-ring (bicyclic) bond motifs is 5. The summed E-state index contributed by atoms with van der Waals surface area (Å²) in [5.74, 6) is -2.44. The number of ketones is 1. The van der Waals surface area contributed by atoms with Crippen LogP contribution in [0.25, 0.3) is 0 Å². The second-order valence-electron chi connectivity index (χ2n) is 9.85. The van der Waals surface area contributed by atoms with Gasteiger partial charge in [0, 0.05) is 28.7 Å². The van der Waals surface area contributed by atoms with E-state index in [1.54, 1.807) is 26.8 Å². The summed E-state index contributed by atoms with van der Waals surface area (Å²) in [7, 11) is 0. The fraction of sp³-hybridized carbons (Fsp3) is 0.739. The van der Waals surface area contributed by atoms with Gasteiger partial charge in [0.1, 0.15) is 12.3 Å². The van der Waals surface area contributed by atoms with Gasteiger partial charge in [-0.25, -0.2) is 8.78 Å². The molecule has 0 bridgehead atoms. The molecule has 3 saturated carbocycles. The highest BCUT2D eigenvalue weighted by Crippen LogP contribution is 2.66. The number of carbonyl (C=O) groups excluding carboxylic acids is 2. The van der Waals surface area contributed by atoms with Crippen molar-refractivity contribution in [1.82, 2.24) is 0 Å². The molecule has 8 atom stereocenters. The van der Waals surface area contributed by atoms with E-state index in [-0.39, 0.29) is 47.4 Å². The van der Waals surface area contributed by atoms with E-state index in [0.717, 1.165) is 6.42 Å². The molecule has 3 fully saturated rings. The summed E-state index contributed by atoms with van der Waals surface area (Å²) in [6.07, 6.45) is 1.33. The van der Waals surface area contributed by atoms with E-state index < -0.39 is 34.7 Å². The molecule has 4 nitrogen and oxygen atoms in total. The maximum atomic E-state index is 15.3. The fourth-order valence-corrected chi connectivity index (χ4v) is 7.15. The molecule has 160 valence electrons. The van der Waals surface area contributed by atoms with Crippen molar-refractivity contribution in [1.29, 1.82) is 0 Å². The molecule has 0 heterocycles. The van der Waals surface area contributed by atoms with E-state index in [9.17, 15) is 19.1 Å². The first-order valence-electron chi connectivity index (χ1n) is 10.7. The van der Waals surface area contributed by atoms with Crippen LogP contribution in [0.4, 0.5) is 8.78 Å². The van der Waals surface area contributed by atoms with Crippen molar-refractivity contribution in [3.63, 3.8) is 0 Å². The number of aliphatic hydroxyl groups excluding tert-OH is 1. The number of ether oxygens (including phenoxy) is 1. The molecule has 6 heteroatoms.